The average Bonchev–Trinajstić information content (AvgIpc) is 2.48. The second-order valence-electron chi connectivity index (χ2n) is 4.24. The average molecular weight is 449 g/mol. The highest BCUT2D eigenvalue weighted by Crippen LogP contribution is 2.24. The zero-order chi connectivity index (χ0) is 16.3. The normalized spacial score (nSPS) is 11.0. The van der Waals surface area contributed by atoms with Gasteiger partial charge in [0, 0.05) is 14.6 Å². The van der Waals surface area contributed by atoms with Crippen molar-refractivity contribution in [3.05, 3.63) is 57.0 Å². The lowest BCUT2D eigenvalue weighted by atomic mass is 10.2. The summed E-state index contributed by atoms with van der Waals surface area (Å²) >= 11 is 6.48. The second-order valence-corrected chi connectivity index (χ2v) is 7.73. The molecule has 0 spiro atoms. The Morgan fingerprint density at radius 2 is 1.64 bits per heavy atom. The van der Waals surface area contributed by atoms with Crippen LogP contribution >= 0.6 is 31.9 Å². The van der Waals surface area contributed by atoms with E-state index in [4.69, 9.17) is 0 Å². The Hall–Kier alpha value is -1.38. The van der Waals surface area contributed by atoms with E-state index in [1.807, 2.05) is 0 Å². The van der Waals surface area contributed by atoms with Crippen molar-refractivity contribution in [3.63, 3.8) is 0 Å². The van der Waals surface area contributed by atoms with Crippen molar-refractivity contribution in [2.75, 3.05) is 11.8 Å². The smallest absolute Gasteiger partial charge is 0.339 e. The summed E-state index contributed by atoms with van der Waals surface area (Å²) in [5.41, 5.74) is 0.350. The summed E-state index contributed by atoms with van der Waals surface area (Å²) in [4.78, 5) is 11.6. The van der Waals surface area contributed by atoms with Gasteiger partial charge in [-0.1, -0.05) is 31.9 Å². The molecule has 2 rings (SSSR count). The number of esters is 1. The number of hydrogen-bond donors (Lipinski definition) is 1. The van der Waals surface area contributed by atoms with Crippen molar-refractivity contribution in [2.24, 2.45) is 0 Å². The molecule has 0 atom stereocenters. The number of ether oxygens (including phenoxy) is 1. The summed E-state index contributed by atoms with van der Waals surface area (Å²) < 4.78 is 33.5. The number of halogens is 2. The number of rotatable bonds is 4. The minimum atomic E-state index is -3.92. The van der Waals surface area contributed by atoms with E-state index in [1.165, 1.54) is 19.2 Å². The SMILES string of the molecule is COC(=O)c1cc(Br)ccc1S(=O)(=O)Nc1ccc(Br)cc1. The van der Waals surface area contributed by atoms with E-state index in [0.717, 1.165) is 4.47 Å². The van der Waals surface area contributed by atoms with Gasteiger partial charge in [-0.25, -0.2) is 13.2 Å². The minimum absolute atomic E-state index is 0.0403. The van der Waals surface area contributed by atoms with Gasteiger partial charge in [-0.3, -0.25) is 4.72 Å². The zero-order valence-electron chi connectivity index (χ0n) is 11.3. The second kappa shape index (κ2) is 6.80. The first-order valence-electron chi connectivity index (χ1n) is 6.00. The third-order valence-corrected chi connectivity index (χ3v) is 5.19. The molecule has 0 aliphatic heterocycles. The van der Waals surface area contributed by atoms with Crippen molar-refractivity contribution >= 4 is 53.5 Å². The first-order valence-corrected chi connectivity index (χ1v) is 9.06. The predicted octanol–water partition coefficient (Wildman–Crippen LogP) is 3.80. The number of benzene rings is 2. The molecular formula is C14H11Br2NO4S. The predicted molar refractivity (Wildman–Crippen MR) is 90.4 cm³/mol. The molecule has 1 N–H and O–H groups in total. The molecule has 0 amide bonds. The topological polar surface area (TPSA) is 72.5 Å². The van der Waals surface area contributed by atoms with Gasteiger partial charge in [0.05, 0.1) is 12.7 Å². The third-order valence-electron chi connectivity index (χ3n) is 2.73. The molecule has 0 aliphatic carbocycles. The van der Waals surface area contributed by atoms with Crippen LogP contribution in [0.15, 0.2) is 56.3 Å². The van der Waals surface area contributed by atoms with Crippen LogP contribution in [0.2, 0.25) is 0 Å². The standard InChI is InChI=1S/C14H11Br2NO4S/c1-21-14(18)12-8-10(16)4-7-13(12)22(19,20)17-11-5-2-9(15)3-6-11/h2-8,17H,1H3. The lowest BCUT2D eigenvalue weighted by Crippen LogP contribution is -2.17. The van der Waals surface area contributed by atoms with Gasteiger partial charge in [0.1, 0.15) is 4.90 Å². The number of methoxy groups -OCH3 is 1. The van der Waals surface area contributed by atoms with Crippen LogP contribution in [0.25, 0.3) is 0 Å². The highest BCUT2D eigenvalue weighted by molar-refractivity contribution is 9.10. The van der Waals surface area contributed by atoms with E-state index >= 15 is 0 Å². The van der Waals surface area contributed by atoms with Gasteiger partial charge in [0.15, 0.2) is 0 Å². The summed E-state index contributed by atoms with van der Waals surface area (Å²) in [7, 11) is -2.72. The largest absolute Gasteiger partial charge is 0.465 e. The summed E-state index contributed by atoms with van der Waals surface area (Å²) in [5.74, 6) is -0.725. The van der Waals surface area contributed by atoms with Crippen LogP contribution in [0.1, 0.15) is 10.4 Å². The Morgan fingerprint density at radius 1 is 1.05 bits per heavy atom. The summed E-state index contributed by atoms with van der Waals surface area (Å²) in [6.07, 6.45) is 0. The van der Waals surface area contributed by atoms with Crippen molar-refractivity contribution in [1.82, 2.24) is 0 Å². The molecule has 5 nitrogen and oxygen atoms in total. The molecular weight excluding hydrogens is 438 g/mol. The van der Waals surface area contributed by atoms with E-state index in [9.17, 15) is 13.2 Å². The van der Waals surface area contributed by atoms with E-state index in [-0.39, 0.29) is 10.5 Å². The van der Waals surface area contributed by atoms with E-state index < -0.39 is 16.0 Å². The number of carbonyl (C=O) groups is 1. The number of anilines is 1. The molecule has 22 heavy (non-hydrogen) atoms. The van der Waals surface area contributed by atoms with Crippen molar-refractivity contribution < 1.29 is 17.9 Å². The molecule has 8 heteroatoms. The van der Waals surface area contributed by atoms with Crippen molar-refractivity contribution in [3.8, 4) is 0 Å². The number of nitrogens with one attached hydrogen (secondary N) is 1. The minimum Gasteiger partial charge on any atom is -0.465 e. The summed E-state index contributed by atoms with van der Waals surface area (Å²) in [6, 6.07) is 10.9. The van der Waals surface area contributed by atoms with Crippen LogP contribution in [-0.2, 0) is 14.8 Å². The summed E-state index contributed by atoms with van der Waals surface area (Å²) in [5, 5.41) is 0. The van der Waals surface area contributed by atoms with E-state index in [1.54, 1.807) is 30.3 Å². The molecule has 0 saturated carbocycles. The Bertz CT molecular complexity index is 804. The van der Waals surface area contributed by atoms with Gasteiger partial charge in [-0.2, -0.15) is 0 Å². The highest BCUT2D eigenvalue weighted by atomic mass is 79.9. The van der Waals surface area contributed by atoms with Gasteiger partial charge in [0.25, 0.3) is 10.0 Å². The molecule has 116 valence electrons. The Kier molecular flexibility index (Phi) is 5.25. The molecule has 0 bridgehead atoms. The maximum atomic E-state index is 12.5. The van der Waals surface area contributed by atoms with Gasteiger partial charge >= 0.3 is 5.97 Å². The molecule has 0 unspecified atom stereocenters. The third kappa shape index (κ3) is 3.88. The Balaban J connectivity index is 2.45. The van der Waals surface area contributed by atoms with Crippen LogP contribution in [-0.4, -0.2) is 21.5 Å². The maximum absolute atomic E-state index is 12.5. The maximum Gasteiger partial charge on any atom is 0.339 e. The first-order chi connectivity index (χ1) is 10.3. The molecule has 0 radical (unpaired) electrons. The fourth-order valence-corrected chi connectivity index (χ4v) is 3.59. The molecule has 0 aliphatic rings. The van der Waals surface area contributed by atoms with E-state index in [0.29, 0.717) is 10.2 Å². The monoisotopic (exact) mass is 447 g/mol. The Morgan fingerprint density at radius 3 is 2.23 bits per heavy atom. The quantitative estimate of drug-likeness (QED) is 0.722. The fraction of sp³-hybridized carbons (Fsp3) is 0.0714. The Labute approximate surface area is 145 Å². The molecule has 2 aromatic rings. The molecule has 0 saturated heterocycles. The van der Waals surface area contributed by atoms with Gasteiger partial charge in [-0.15, -0.1) is 0 Å². The number of carbonyl (C=O) groups excluding carboxylic acids is 1. The first kappa shape index (κ1) is 17.0. The molecule has 0 fully saturated rings. The molecule has 2 aromatic carbocycles. The zero-order valence-corrected chi connectivity index (χ0v) is 15.3. The molecule has 0 heterocycles. The highest BCUT2D eigenvalue weighted by Gasteiger charge is 2.23. The van der Waals surface area contributed by atoms with Gasteiger partial charge in [-0.05, 0) is 42.5 Å². The number of hydrogen-bond acceptors (Lipinski definition) is 4. The molecule has 0 aromatic heterocycles. The lowest BCUT2D eigenvalue weighted by molar-refractivity contribution is 0.0596. The van der Waals surface area contributed by atoms with Crippen LogP contribution in [0.3, 0.4) is 0 Å². The van der Waals surface area contributed by atoms with Crippen molar-refractivity contribution in [1.29, 1.82) is 0 Å². The van der Waals surface area contributed by atoms with Gasteiger partial charge < -0.3 is 4.74 Å². The van der Waals surface area contributed by atoms with Crippen LogP contribution < -0.4 is 4.72 Å². The van der Waals surface area contributed by atoms with Crippen LogP contribution in [0, 0.1) is 0 Å². The van der Waals surface area contributed by atoms with Gasteiger partial charge in [0.2, 0.25) is 0 Å². The van der Waals surface area contributed by atoms with Crippen LogP contribution in [0.5, 0.6) is 0 Å². The van der Waals surface area contributed by atoms with Crippen LogP contribution in [0.4, 0.5) is 5.69 Å². The van der Waals surface area contributed by atoms with E-state index in [2.05, 4.69) is 41.3 Å². The summed E-state index contributed by atoms with van der Waals surface area (Å²) in [6.45, 7) is 0. The van der Waals surface area contributed by atoms with Crippen molar-refractivity contribution in [2.45, 2.75) is 4.90 Å². The fourth-order valence-electron chi connectivity index (χ4n) is 1.73. The number of sulfonamides is 1. The lowest BCUT2D eigenvalue weighted by Gasteiger charge is -2.11.